The predicted molar refractivity (Wildman–Crippen MR) is 40.2 cm³/mol. The first-order valence-corrected chi connectivity index (χ1v) is 3.54. The fourth-order valence-electron chi connectivity index (χ4n) is 1.00. The molecule has 1 N–H and O–H groups in total. The molecule has 0 aliphatic heterocycles. The molecule has 2 aromatic heterocycles. The third-order valence-electron chi connectivity index (χ3n) is 1.51. The van der Waals surface area contributed by atoms with Crippen LogP contribution in [0.25, 0.3) is 0 Å². The average molecular weight is 164 g/mol. The summed E-state index contributed by atoms with van der Waals surface area (Å²) in [5, 5.41) is 17.6. The topological polar surface area (TPSA) is 72.3 Å². The summed E-state index contributed by atoms with van der Waals surface area (Å²) in [4.78, 5) is 0. The maximum atomic E-state index is 4.03. The first kappa shape index (κ1) is 6.96. The van der Waals surface area contributed by atoms with Gasteiger partial charge in [0.15, 0.2) is 5.82 Å². The number of hydrogen-bond acceptors (Lipinski definition) is 4. The number of nitrogens with zero attached hydrogens (tertiary/aromatic N) is 5. The molecule has 12 heavy (non-hydrogen) atoms. The molecule has 0 radical (unpaired) electrons. The second-order valence-corrected chi connectivity index (χ2v) is 2.53. The average Bonchev–Trinajstić information content (AvgIpc) is 2.63. The Morgan fingerprint density at radius 2 is 2.50 bits per heavy atom. The van der Waals surface area contributed by atoms with E-state index < -0.39 is 0 Å². The highest BCUT2D eigenvalue weighted by molar-refractivity contribution is 5.09. The lowest BCUT2D eigenvalue weighted by atomic mass is 10.2. The Bertz CT molecular complexity index is 348. The van der Waals surface area contributed by atoms with Gasteiger partial charge in [-0.2, -0.15) is 10.3 Å². The summed E-state index contributed by atoms with van der Waals surface area (Å²) in [7, 11) is 1.87. The molecule has 0 amide bonds. The summed E-state index contributed by atoms with van der Waals surface area (Å²) < 4.78 is 1.75. The molecule has 0 aliphatic rings. The van der Waals surface area contributed by atoms with Gasteiger partial charge in [0.25, 0.3) is 0 Å². The molecule has 0 aromatic carbocycles. The largest absolute Gasteiger partial charge is 0.276 e. The van der Waals surface area contributed by atoms with Crippen LogP contribution < -0.4 is 0 Å². The maximum Gasteiger partial charge on any atom is 0.179 e. The number of nitrogens with one attached hydrogen (secondary N) is 1. The van der Waals surface area contributed by atoms with Crippen LogP contribution in [0, 0.1) is 0 Å². The van der Waals surface area contributed by atoms with Gasteiger partial charge in [0, 0.05) is 19.7 Å². The molecular weight excluding hydrogens is 156 g/mol. The van der Waals surface area contributed by atoms with Gasteiger partial charge < -0.3 is 0 Å². The van der Waals surface area contributed by atoms with Crippen molar-refractivity contribution in [3.8, 4) is 0 Å². The molecule has 0 aliphatic carbocycles. The van der Waals surface area contributed by atoms with Crippen LogP contribution in [0.5, 0.6) is 0 Å². The van der Waals surface area contributed by atoms with Crippen molar-refractivity contribution in [2.75, 3.05) is 0 Å². The highest BCUT2D eigenvalue weighted by Crippen LogP contribution is 2.01. The van der Waals surface area contributed by atoms with E-state index in [4.69, 9.17) is 0 Å². The summed E-state index contributed by atoms with van der Waals surface area (Å²) in [6, 6.07) is 0. The maximum absolute atomic E-state index is 4.03. The van der Waals surface area contributed by atoms with E-state index in [9.17, 15) is 0 Å². The lowest BCUT2D eigenvalue weighted by molar-refractivity contribution is 0.767. The predicted octanol–water partition coefficient (Wildman–Crippen LogP) is -0.476. The molecule has 6 heteroatoms. The van der Waals surface area contributed by atoms with Crippen LogP contribution in [0.4, 0.5) is 0 Å². The van der Waals surface area contributed by atoms with Gasteiger partial charge in [0.2, 0.25) is 0 Å². The van der Waals surface area contributed by atoms with E-state index in [1.54, 1.807) is 10.9 Å². The van der Waals surface area contributed by atoms with Crippen molar-refractivity contribution in [3.05, 3.63) is 23.8 Å². The monoisotopic (exact) mass is 164 g/mol. The molecule has 0 spiro atoms. The van der Waals surface area contributed by atoms with E-state index >= 15 is 0 Å². The number of aromatic amines is 1. The van der Waals surface area contributed by atoms with E-state index in [1.165, 1.54) is 0 Å². The zero-order chi connectivity index (χ0) is 8.39. The van der Waals surface area contributed by atoms with Crippen LogP contribution in [-0.4, -0.2) is 30.4 Å². The lowest BCUT2D eigenvalue weighted by Crippen LogP contribution is -1.89. The van der Waals surface area contributed by atoms with Gasteiger partial charge in [-0.05, 0) is 5.56 Å². The van der Waals surface area contributed by atoms with Gasteiger partial charge in [-0.1, -0.05) is 5.21 Å². The summed E-state index contributed by atoms with van der Waals surface area (Å²) in [6.07, 6.45) is 4.39. The fraction of sp³-hybridized carbons (Fsp3) is 0.333. The minimum absolute atomic E-state index is 0.671. The van der Waals surface area contributed by atoms with E-state index in [1.807, 2.05) is 13.2 Å². The third kappa shape index (κ3) is 1.31. The van der Waals surface area contributed by atoms with E-state index in [0.717, 1.165) is 5.56 Å². The molecule has 0 bridgehead atoms. The molecule has 0 saturated heterocycles. The molecule has 0 fully saturated rings. The van der Waals surface area contributed by atoms with E-state index in [0.29, 0.717) is 12.2 Å². The smallest absolute Gasteiger partial charge is 0.179 e. The van der Waals surface area contributed by atoms with E-state index in [2.05, 4.69) is 25.7 Å². The SMILES string of the molecule is Cn1cc(Cc2nn[nH]n2)cn1. The van der Waals surface area contributed by atoms with Crippen molar-refractivity contribution < 1.29 is 0 Å². The Kier molecular flexibility index (Phi) is 1.58. The van der Waals surface area contributed by atoms with Crippen LogP contribution in [0.2, 0.25) is 0 Å². The van der Waals surface area contributed by atoms with Crippen molar-refractivity contribution in [2.24, 2.45) is 7.05 Å². The Hall–Kier alpha value is -1.72. The lowest BCUT2D eigenvalue weighted by Gasteiger charge is -1.86. The molecule has 0 unspecified atom stereocenters. The van der Waals surface area contributed by atoms with Crippen molar-refractivity contribution in [1.29, 1.82) is 0 Å². The number of aromatic nitrogens is 6. The number of aryl methyl sites for hydroxylation is 1. The summed E-state index contributed by atoms with van der Waals surface area (Å²) in [5.74, 6) is 0.683. The quantitative estimate of drug-likeness (QED) is 0.651. The molecule has 6 nitrogen and oxygen atoms in total. The normalized spacial score (nSPS) is 10.4. The Balaban J connectivity index is 2.14. The van der Waals surface area contributed by atoms with Gasteiger partial charge in [-0.3, -0.25) is 4.68 Å². The zero-order valence-electron chi connectivity index (χ0n) is 6.60. The Morgan fingerprint density at radius 3 is 3.08 bits per heavy atom. The second kappa shape index (κ2) is 2.72. The van der Waals surface area contributed by atoms with Crippen molar-refractivity contribution in [2.45, 2.75) is 6.42 Å². The number of hydrogen-bond donors (Lipinski definition) is 1. The first-order valence-electron chi connectivity index (χ1n) is 3.54. The Morgan fingerprint density at radius 1 is 1.58 bits per heavy atom. The van der Waals surface area contributed by atoms with Gasteiger partial charge in [0.1, 0.15) is 0 Å². The van der Waals surface area contributed by atoms with Gasteiger partial charge in [0.05, 0.1) is 6.20 Å². The van der Waals surface area contributed by atoms with Crippen molar-refractivity contribution >= 4 is 0 Å². The van der Waals surface area contributed by atoms with Gasteiger partial charge >= 0.3 is 0 Å². The summed E-state index contributed by atoms with van der Waals surface area (Å²) in [5.41, 5.74) is 1.08. The van der Waals surface area contributed by atoms with Crippen LogP contribution in [0.1, 0.15) is 11.4 Å². The molecule has 0 saturated carbocycles. The van der Waals surface area contributed by atoms with Crippen LogP contribution in [0.3, 0.4) is 0 Å². The van der Waals surface area contributed by atoms with Gasteiger partial charge in [-0.25, -0.2) is 0 Å². The Labute approximate surface area is 68.6 Å². The zero-order valence-corrected chi connectivity index (χ0v) is 6.60. The minimum atomic E-state index is 0.671. The number of H-pyrrole nitrogens is 1. The van der Waals surface area contributed by atoms with Crippen LogP contribution in [0.15, 0.2) is 12.4 Å². The minimum Gasteiger partial charge on any atom is -0.276 e. The van der Waals surface area contributed by atoms with Crippen molar-refractivity contribution in [1.82, 2.24) is 30.4 Å². The number of tetrazole rings is 1. The highest BCUT2D eigenvalue weighted by atomic mass is 15.5. The molecule has 2 rings (SSSR count). The van der Waals surface area contributed by atoms with Gasteiger partial charge in [-0.15, -0.1) is 10.2 Å². The van der Waals surface area contributed by atoms with Crippen LogP contribution >= 0.6 is 0 Å². The third-order valence-corrected chi connectivity index (χ3v) is 1.51. The van der Waals surface area contributed by atoms with Crippen LogP contribution in [-0.2, 0) is 13.5 Å². The highest BCUT2D eigenvalue weighted by Gasteiger charge is 2.01. The molecule has 2 aromatic rings. The summed E-state index contributed by atoms with van der Waals surface area (Å²) >= 11 is 0. The molecule has 2 heterocycles. The standard InChI is InChI=1S/C6H8N6/c1-12-4-5(3-7-12)2-6-8-10-11-9-6/h3-4H,2H2,1H3,(H,8,9,10,11). The summed E-state index contributed by atoms with van der Waals surface area (Å²) in [6.45, 7) is 0. The molecular formula is C6H8N6. The van der Waals surface area contributed by atoms with Crippen molar-refractivity contribution in [3.63, 3.8) is 0 Å². The van der Waals surface area contributed by atoms with E-state index in [-0.39, 0.29) is 0 Å². The molecule has 62 valence electrons. The molecule has 0 atom stereocenters. The number of rotatable bonds is 2. The fourth-order valence-corrected chi connectivity index (χ4v) is 1.00. The first-order chi connectivity index (χ1) is 5.84. The second-order valence-electron chi connectivity index (χ2n) is 2.53.